The Morgan fingerprint density at radius 3 is 2.67 bits per heavy atom. The molecule has 0 unspecified atom stereocenters. The van der Waals surface area contributed by atoms with Crippen LogP contribution in [-0.4, -0.2) is 37.4 Å². The highest BCUT2D eigenvalue weighted by atomic mass is 16.2. The average Bonchev–Trinajstić information content (AvgIpc) is 3.35. The van der Waals surface area contributed by atoms with E-state index in [4.69, 9.17) is 5.73 Å². The van der Waals surface area contributed by atoms with E-state index in [1.807, 2.05) is 49.6 Å². The molecule has 0 radical (unpaired) electrons. The second-order valence-corrected chi connectivity index (χ2v) is 7.42. The smallest absolute Gasteiger partial charge is 0.242 e. The van der Waals surface area contributed by atoms with Crippen LogP contribution in [0.3, 0.4) is 0 Å². The topological polar surface area (TPSA) is 115 Å². The van der Waals surface area contributed by atoms with Crippen LogP contribution in [0.4, 0.5) is 5.95 Å². The number of carbonyl (C=O) groups is 1. The van der Waals surface area contributed by atoms with Crippen LogP contribution in [0.25, 0.3) is 6.08 Å². The van der Waals surface area contributed by atoms with Crippen molar-refractivity contribution in [3.8, 4) is 0 Å². The molecule has 0 saturated carbocycles. The van der Waals surface area contributed by atoms with Gasteiger partial charge in [-0.3, -0.25) is 4.79 Å². The minimum absolute atomic E-state index is 0.0782. The molecule has 8 nitrogen and oxygen atoms in total. The van der Waals surface area contributed by atoms with E-state index in [-0.39, 0.29) is 12.5 Å². The third-order valence-corrected chi connectivity index (χ3v) is 4.69. The van der Waals surface area contributed by atoms with Crippen molar-refractivity contribution in [2.75, 3.05) is 12.3 Å². The van der Waals surface area contributed by atoms with Gasteiger partial charge in [0.1, 0.15) is 6.54 Å². The number of nitrogens with one attached hydrogen (secondary N) is 2. The molecule has 0 aliphatic rings. The van der Waals surface area contributed by atoms with Gasteiger partial charge in [-0.25, -0.2) is 9.67 Å². The predicted molar refractivity (Wildman–Crippen MR) is 117 cm³/mol. The van der Waals surface area contributed by atoms with Gasteiger partial charge < -0.3 is 16.0 Å². The molecule has 0 aliphatic heterocycles. The maximum absolute atomic E-state index is 12.2. The number of rotatable bonds is 11. The molecule has 30 heavy (non-hydrogen) atoms. The number of aryl methyl sites for hydroxylation is 2. The lowest BCUT2D eigenvalue weighted by atomic mass is 10.1. The number of amides is 1. The largest absolute Gasteiger partial charge is 0.369 e. The molecule has 0 spiro atoms. The highest BCUT2D eigenvalue weighted by Crippen LogP contribution is 2.08. The summed E-state index contributed by atoms with van der Waals surface area (Å²) in [6, 6.07) is 10.0. The Morgan fingerprint density at radius 2 is 1.93 bits per heavy atom. The van der Waals surface area contributed by atoms with Gasteiger partial charge in [0.15, 0.2) is 5.95 Å². The summed E-state index contributed by atoms with van der Waals surface area (Å²) in [5, 5.41) is 11.2. The SMILES string of the molecule is C/C(=C\c1ccccc1)CNC(=O)Cn1cc(CCCCCc2c[nH]c(N)n2)nn1. The lowest BCUT2D eigenvalue weighted by Gasteiger charge is -2.05. The lowest BCUT2D eigenvalue weighted by molar-refractivity contribution is -0.121. The minimum atomic E-state index is -0.0782. The number of unbranched alkanes of at least 4 members (excludes halogenated alkanes) is 2. The maximum Gasteiger partial charge on any atom is 0.242 e. The van der Waals surface area contributed by atoms with Crippen LogP contribution in [0.5, 0.6) is 0 Å². The molecular formula is C22H29N7O. The Kier molecular flexibility index (Phi) is 7.77. The molecular weight excluding hydrogens is 378 g/mol. The normalized spacial score (nSPS) is 11.6. The second-order valence-electron chi connectivity index (χ2n) is 7.42. The molecule has 3 rings (SSSR count). The first-order valence-electron chi connectivity index (χ1n) is 10.3. The van der Waals surface area contributed by atoms with Crippen molar-refractivity contribution in [3.63, 3.8) is 0 Å². The summed E-state index contributed by atoms with van der Waals surface area (Å²) in [4.78, 5) is 19.3. The van der Waals surface area contributed by atoms with Crippen LogP contribution >= 0.6 is 0 Å². The fraction of sp³-hybridized carbons (Fsp3) is 0.364. The molecule has 0 atom stereocenters. The van der Waals surface area contributed by atoms with Gasteiger partial charge in [0.2, 0.25) is 5.91 Å². The molecule has 158 valence electrons. The van der Waals surface area contributed by atoms with Crippen molar-refractivity contribution in [1.29, 1.82) is 0 Å². The van der Waals surface area contributed by atoms with Crippen LogP contribution in [-0.2, 0) is 24.2 Å². The number of aromatic amines is 1. The Bertz CT molecular complexity index is 959. The third kappa shape index (κ3) is 7.20. The van der Waals surface area contributed by atoms with Crippen molar-refractivity contribution in [2.45, 2.75) is 45.6 Å². The van der Waals surface area contributed by atoms with Gasteiger partial charge in [0.25, 0.3) is 0 Å². The quantitative estimate of drug-likeness (QED) is 0.423. The molecule has 1 aromatic carbocycles. The van der Waals surface area contributed by atoms with E-state index in [0.717, 1.165) is 54.6 Å². The zero-order chi connectivity index (χ0) is 21.2. The first kappa shape index (κ1) is 21.3. The van der Waals surface area contributed by atoms with Gasteiger partial charge in [-0.2, -0.15) is 0 Å². The molecule has 4 N–H and O–H groups in total. The zero-order valence-electron chi connectivity index (χ0n) is 17.3. The summed E-state index contributed by atoms with van der Waals surface area (Å²) in [5.74, 6) is 0.388. The third-order valence-electron chi connectivity index (χ3n) is 4.69. The fourth-order valence-corrected chi connectivity index (χ4v) is 3.15. The minimum Gasteiger partial charge on any atom is -0.369 e. The first-order chi connectivity index (χ1) is 14.6. The number of aromatic nitrogens is 5. The number of anilines is 1. The fourth-order valence-electron chi connectivity index (χ4n) is 3.15. The number of nitrogen functional groups attached to an aromatic ring is 1. The molecule has 0 bridgehead atoms. The number of imidazole rings is 1. The molecule has 0 fully saturated rings. The van der Waals surface area contributed by atoms with Crippen LogP contribution in [0.2, 0.25) is 0 Å². The van der Waals surface area contributed by atoms with Crippen molar-refractivity contribution in [2.24, 2.45) is 0 Å². The Morgan fingerprint density at radius 1 is 1.17 bits per heavy atom. The summed E-state index contributed by atoms with van der Waals surface area (Å²) in [7, 11) is 0. The van der Waals surface area contributed by atoms with E-state index in [1.54, 1.807) is 4.68 Å². The maximum atomic E-state index is 12.2. The first-order valence-corrected chi connectivity index (χ1v) is 10.3. The van der Waals surface area contributed by atoms with E-state index in [2.05, 4.69) is 31.7 Å². The molecule has 0 aliphatic carbocycles. The highest BCUT2D eigenvalue weighted by molar-refractivity contribution is 5.76. The van der Waals surface area contributed by atoms with Crippen molar-refractivity contribution >= 4 is 17.9 Å². The summed E-state index contributed by atoms with van der Waals surface area (Å²) in [5.41, 5.74) is 9.69. The Labute approximate surface area is 176 Å². The second kappa shape index (κ2) is 10.9. The van der Waals surface area contributed by atoms with Gasteiger partial charge in [0.05, 0.1) is 11.4 Å². The standard InChI is InChI=1S/C22H29N7O/c1-17(12-18-8-4-2-5-9-18)13-24-21(30)16-29-15-20(27-28-29)11-7-3-6-10-19-14-25-22(23)26-19/h2,4-5,8-9,12,14-15H,3,6-7,10-11,13,16H2,1H3,(H,24,30)(H3,23,25,26)/b17-12+. The number of carbonyl (C=O) groups excluding carboxylic acids is 1. The van der Waals surface area contributed by atoms with Crippen LogP contribution in [0.1, 0.15) is 43.1 Å². The van der Waals surface area contributed by atoms with Crippen molar-refractivity contribution < 1.29 is 4.79 Å². The van der Waals surface area contributed by atoms with Gasteiger partial charge >= 0.3 is 0 Å². The molecule has 0 saturated heterocycles. The summed E-state index contributed by atoms with van der Waals surface area (Å²) < 4.78 is 1.59. The van der Waals surface area contributed by atoms with Gasteiger partial charge in [-0.15, -0.1) is 5.10 Å². The van der Waals surface area contributed by atoms with Crippen LogP contribution in [0, 0.1) is 0 Å². The zero-order valence-corrected chi connectivity index (χ0v) is 17.3. The van der Waals surface area contributed by atoms with E-state index in [0.29, 0.717) is 12.5 Å². The summed E-state index contributed by atoms with van der Waals surface area (Å²) >= 11 is 0. The van der Waals surface area contributed by atoms with Gasteiger partial charge in [-0.05, 0) is 38.2 Å². The molecule has 1 amide bonds. The van der Waals surface area contributed by atoms with E-state index in [9.17, 15) is 4.79 Å². The highest BCUT2D eigenvalue weighted by Gasteiger charge is 2.06. The Hall–Kier alpha value is -3.42. The summed E-state index contributed by atoms with van der Waals surface area (Å²) in [6.07, 6.45) is 10.7. The lowest BCUT2D eigenvalue weighted by Crippen LogP contribution is -2.29. The average molecular weight is 408 g/mol. The Balaban J connectivity index is 1.33. The van der Waals surface area contributed by atoms with E-state index in [1.165, 1.54) is 0 Å². The monoisotopic (exact) mass is 407 g/mol. The predicted octanol–water partition coefficient (Wildman–Crippen LogP) is 2.76. The number of hydrogen-bond acceptors (Lipinski definition) is 5. The van der Waals surface area contributed by atoms with Crippen molar-refractivity contribution in [3.05, 3.63) is 65.2 Å². The number of nitrogens with zero attached hydrogens (tertiary/aromatic N) is 4. The van der Waals surface area contributed by atoms with Crippen LogP contribution < -0.4 is 11.1 Å². The number of benzene rings is 1. The van der Waals surface area contributed by atoms with E-state index < -0.39 is 0 Å². The number of H-pyrrole nitrogens is 1. The van der Waals surface area contributed by atoms with Crippen LogP contribution in [0.15, 0.2) is 48.3 Å². The van der Waals surface area contributed by atoms with Gasteiger partial charge in [0, 0.05) is 18.9 Å². The summed E-state index contributed by atoms with van der Waals surface area (Å²) in [6.45, 7) is 2.69. The van der Waals surface area contributed by atoms with Gasteiger partial charge in [-0.1, -0.05) is 53.6 Å². The molecule has 8 heteroatoms. The number of nitrogens with two attached hydrogens (primary N) is 1. The molecule has 2 heterocycles. The van der Waals surface area contributed by atoms with E-state index >= 15 is 0 Å². The van der Waals surface area contributed by atoms with Crippen molar-refractivity contribution in [1.82, 2.24) is 30.3 Å². The number of hydrogen-bond donors (Lipinski definition) is 3. The molecule has 2 aromatic heterocycles. The molecule has 3 aromatic rings.